The molecule has 0 aliphatic rings. The summed E-state index contributed by atoms with van der Waals surface area (Å²) in [5.74, 6) is -0.216. The first kappa shape index (κ1) is 18.6. The Balaban J connectivity index is 3.54. The van der Waals surface area contributed by atoms with E-state index in [2.05, 4.69) is 26.6 Å². The number of carbonyl (C=O) groups is 1. The SMILES string of the molecule is CCCCCCCC[C@@H](N)C(=O)OCC[Si](C)(C)C. The molecule has 0 radical (unpaired) electrons. The van der Waals surface area contributed by atoms with Gasteiger partial charge in [-0.15, -0.1) is 0 Å². The summed E-state index contributed by atoms with van der Waals surface area (Å²) in [6.07, 6.45) is 8.10. The normalized spacial score (nSPS) is 13.3. The zero-order valence-electron chi connectivity index (χ0n) is 13.3. The van der Waals surface area contributed by atoms with Crippen LogP contribution in [-0.2, 0) is 9.53 Å². The Morgan fingerprint density at radius 2 is 1.68 bits per heavy atom. The lowest BCUT2D eigenvalue weighted by molar-refractivity contribution is -0.144. The van der Waals surface area contributed by atoms with Crippen LogP contribution in [-0.4, -0.2) is 26.7 Å². The molecule has 0 fully saturated rings. The van der Waals surface area contributed by atoms with Gasteiger partial charge in [0, 0.05) is 8.07 Å². The van der Waals surface area contributed by atoms with Crippen molar-refractivity contribution in [1.82, 2.24) is 0 Å². The summed E-state index contributed by atoms with van der Waals surface area (Å²) in [4.78, 5) is 11.7. The molecule has 0 rings (SSSR count). The molecule has 0 aromatic rings. The molecule has 0 unspecified atom stereocenters. The summed E-state index contributed by atoms with van der Waals surface area (Å²) >= 11 is 0. The van der Waals surface area contributed by atoms with Crippen LogP contribution >= 0.6 is 0 Å². The highest BCUT2D eigenvalue weighted by molar-refractivity contribution is 6.76. The summed E-state index contributed by atoms with van der Waals surface area (Å²) in [7, 11) is -1.12. The quantitative estimate of drug-likeness (QED) is 0.356. The van der Waals surface area contributed by atoms with Crippen LogP contribution in [0.2, 0.25) is 25.7 Å². The first-order chi connectivity index (χ1) is 8.87. The Bertz CT molecular complexity index is 239. The number of unbranched alkanes of at least 4 members (excludes halogenated alkanes) is 5. The van der Waals surface area contributed by atoms with Gasteiger partial charge in [-0.25, -0.2) is 0 Å². The second kappa shape index (κ2) is 10.4. The van der Waals surface area contributed by atoms with Crippen molar-refractivity contribution >= 4 is 14.0 Å². The van der Waals surface area contributed by atoms with E-state index in [-0.39, 0.29) is 5.97 Å². The lowest BCUT2D eigenvalue weighted by Crippen LogP contribution is -2.33. The van der Waals surface area contributed by atoms with Crippen molar-refractivity contribution in [2.45, 2.75) is 83.6 Å². The topological polar surface area (TPSA) is 52.3 Å². The van der Waals surface area contributed by atoms with E-state index in [4.69, 9.17) is 10.5 Å². The van der Waals surface area contributed by atoms with Crippen molar-refractivity contribution in [3.63, 3.8) is 0 Å². The molecular weight excluding hydrogens is 254 g/mol. The molecule has 3 nitrogen and oxygen atoms in total. The average molecular weight is 288 g/mol. The number of carbonyl (C=O) groups excluding carboxylic acids is 1. The van der Waals surface area contributed by atoms with E-state index < -0.39 is 14.1 Å². The highest BCUT2D eigenvalue weighted by Crippen LogP contribution is 2.10. The third-order valence-corrected chi connectivity index (χ3v) is 4.97. The van der Waals surface area contributed by atoms with Crippen LogP contribution < -0.4 is 5.73 Å². The molecule has 114 valence electrons. The minimum atomic E-state index is -1.12. The van der Waals surface area contributed by atoms with Gasteiger partial charge < -0.3 is 10.5 Å². The summed E-state index contributed by atoms with van der Waals surface area (Å²) < 4.78 is 5.25. The maximum absolute atomic E-state index is 11.7. The van der Waals surface area contributed by atoms with Gasteiger partial charge in [-0.1, -0.05) is 65.1 Å². The van der Waals surface area contributed by atoms with Gasteiger partial charge in [-0.05, 0) is 12.5 Å². The highest BCUT2D eigenvalue weighted by atomic mass is 28.3. The van der Waals surface area contributed by atoms with Crippen LogP contribution in [0, 0.1) is 0 Å². The molecule has 19 heavy (non-hydrogen) atoms. The van der Waals surface area contributed by atoms with Gasteiger partial charge in [0.15, 0.2) is 0 Å². The molecule has 0 bridgehead atoms. The molecule has 4 heteroatoms. The zero-order chi connectivity index (χ0) is 14.7. The van der Waals surface area contributed by atoms with Crippen molar-refractivity contribution in [3.05, 3.63) is 0 Å². The molecule has 2 N–H and O–H groups in total. The van der Waals surface area contributed by atoms with Crippen LogP contribution in [0.15, 0.2) is 0 Å². The molecule has 0 saturated carbocycles. The summed E-state index contributed by atoms with van der Waals surface area (Å²) in [5, 5.41) is 0. The maximum atomic E-state index is 11.7. The smallest absolute Gasteiger partial charge is 0.322 e. The van der Waals surface area contributed by atoms with E-state index in [1.54, 1.807) is 0 Å². The lowest BCUT2D eigenvalue weighted by atomic mass is 10.1. The van der Waals surface area contributed by atoms with Gasteiger partial charge in [-0.3, -0.25) is 4.79 Å². The predicted octanol–water partition coefficient (Wildman–Crippen LogP) is 3.95. The molecule has 0 amide bonds. The van der Waals surface area contributed by atoms with Gasteiger partial charge in [-0.2, -0.15) is 0 Å². The third kappa shape index (κ3) is 12.4. The summed E-state index contributed by atoms with van der Waals surface area (Å²) in [6, 6.07) is 0.593. The summed E-state index contributed by atoms with van der Waals surface area (Å²) in [6.45, 7) is 9.58. The van der Waals surface area contributed by atoms with E-state index in [1.165, 1.54) is 32.1 Å². The van der Waals surface area contributed by atoms with Crippen molar-refractivity contribution in [1.29, 1.82) is 0 Å². The van der Waals surface area contributed by atoms with Gasteiger partial charge in [0.05, 0.1) is 6.61 Å². The minimum absolute atomic E-state index is 0.216. The average Bonchev–Trinajstić information content (AvgIpc) is 2.31. The van der Waals surface area contributed by atoms with Crippen LogP contribution in [0.3, 0.4) is 0 Å². The zero-order valence-corrected chi connectivity index (χ0v) is 14.3. The van der Waals surface area contributed by atoms with Gasteiger partial charge in [0.1, 0.15) is 6.04 Å². The van der Waals surface area contributed by atoms with Crippen LogP contribution in [0.5, 0.6) is 0 Å². The predicted molar refractivity (Wildman–Crippen MR) is 85.1 cm³/mol. The first-order valence-corrected chi connectivity index (χ1v) is 11.5. The van der Waals surface area contributed by atoms with Gasteiger partial charge in [0.2, 0.25) is 0 Å². The second-order valence-electron chi connectivity index (χ2n) is 6.64. The molecule has 0 heterocycles. The van der Waals surface area contributed by atoms with E-state index in [0.29, 0.717) is 6.61 Å². The molecule has 0 aliphatic carbocycles. The molecular formula is C15H33NO2Si. The van der Waals surface area contributed by atoms with Crippen molar-refractivity contribution < 1.29 is 9.53 Å². The fourth-order valence-corrected chi connectivity index (χ4v) is 2.54. The Hall–Kier alpha value is -0.353. The van der Waals surface area contributed by atoms with Crippen LogP contribution in [0.25, 0.3) is 0 Å². The monoisotopic (exact) mass is 287 g/mol. The summed E-state index contributed by atoms with van der Waals surface area (Å²) in [5.41, 5.74) is 5.84. The molecule has 0 aromatic carbocycles. The van der Waals surface area contributed by atoms with Crippen molar-refractivity contribution in [3.8, 4) is 0 Å². The fraction of sp³-hybridized carbons (Fsp3) is 0.933. The third-order valence-electron chi connectivity index (χ3n) is 3.27. The largest absolute Gasteiger partial charge is 0.465 e. The Morgan fingerprint density at radius 1 is 1.11 bits per heavy atom. The molecule has 0 spiro atoms. The number of esters is 1. The number of nitrogens with two attached hydrogens (primary N) is 1. The Kier molecular flexibility index (Phi) is 10.2. The highest BCUT2D eigenvalue weighted by Gasteiger charge is 2.17. The molecule has 1 atom stereocenters. The molecule has 0 aromatic heterocycles. The van der Waals surface area contributed by atoms with E-state index >= 15 is 0 Å². The van der Waals surface area contributed by atoms with Crippen LogP contribution in [0.1, 0.15) is 51.9 Å². The van der Waals surface area contributed by atoms with Gasteiger partial charge in [0.25, 0.3) is 0 Å². The number of ether oxygens (including phenoxy) is 1. The molecule has 0 aliphatic heterocycles. The first-order valence-electron chi connectivity index (χ1n) is 7.79. The van der Waals surface area contributed by atoms with Crippen molar-refractivity contribution in [2.24, 2.45) is 5.73 Å². The van der Waals surface area contributed by atoms with Gasteiger partial charge >= 0.3 is 5.97 Å². The fourth-order valence-electron chi connectivity index (χ4n) is 1.83. The number of rotatable bonds is 11. The van der Waals surface area contributed by atoms with E-state index in [0.717, 1.165) is 18.9 Å². The Labute approximate surface area is 120 Å². The van der Waals surface area contributed by atoms with E-state index in [9.17, 15) is 4.79 Å². The lowest BCUT2D eigenvalue weighted by Gasteiger charge is -2.17. The number of hydrogen-bond acceptors (Lipinski definition) is 3. The minimum Gasteiger partial charge on any atom is -0.465 e. The Morgan fingerprint density at radius 3 is 2.26 bits per heavy atom. The second-order valence-corrected chi connectivity index (χ2v) is 12.3. The van der Waals surface area contributed by atoms with Crippen molar-refractivity contribution in [2.75, 3.05) is 6.61 Å². The number of hydrogen-bond donors (Lipinski definition) is 1. The van der Waals surface area contributed by atoms with Crippen LogP contribution in [0.4, 0.5) is 0 Å². The molecule has 0 saturated heterocycles. The van der Waals surface area contributed by atoms with E-state index in [1.807, 2.05) is 0 Å². The maximum Gasteiger partial charge on any atom is 0.322 e. The standard InChI is InChI=1S/C15H33NO2Si/c1-5-6-7-8-9-10-11-14(16)15(17)18-12-13-19(2,3)4/h14H,5-13,16H2,1-4H3/t14-/m1/s1.